The standard InChI is InChI=1S/C17H14ClN3O2S/c1-2-9-21(17(22)14-4-3-10-24-14)11-15-19-16(20-23-15)12-5-7-13(18)8-6-12/h2-8,10H,1,9,11H2. The normalized spacial score (nSPS) is 10.5. The fourth-order valence-electron chi connectivity index (χ4n) is 2.13. The summed E-state index contributed by atoms with van der Waals surface area (Å²) in [6.45, 7) is 4.32. The van der Waals surface area contributed by atoms with Gasteiger partial charge < -0.3 is 9.42 Å². The number of carbonyl (C=O) groups is 1. The highest BCUT2D eigenvalue weighted by Gasteiger charge is 2.19. The molecular formula is C17H14ClN3O2S. The van der Waals surface area contributed by atoms with Crippen molar-refractivity contribution in [1.29, 1.82) is 0 Å². The van der Waals surface area contributed by atoms with E-state index in [0.717, 1.165) is 5.56 Å². The number of benzene rings is 1. The summed E-state index contributed by atoms with van der Waals surface area (Å²) in [7, 11) is 0. The molecule has 24 heavy (non-hydrogen) atoms. The summed E-state index contributed by atoms with van der Waals surface area (Å²) in [4.78, 5) is 19.1. The van der Waals surface area contributed by atoms with E-state index in [0.29, 0.717) is 28.2 Å². The van der Waals surface area contributed by atoms with Gasteiger partial charge in [0.05, 0.1) is 4.88 Å². The maximum absolute atomic E-state index is 12.5. The molecule has 2 heterocycles. The molecule has 3 aromatic rings. The third-order valence-corrected chi connectivity index (χ3v) is 4.38. The van der Waals surface area contributed by atoms with Crippen molar-refractivity contribution in [2.45, 2.75) is 6.54 Å². The van der Waals surface area contributed by atoms with Crippen LogP contribution in [0.3, 0.4) is 0 Å². The van der Waals surface area contributed by atoms with Crippen molar-refractivity contribution in [3.05, 3.63) is 70.2 Å². The van der Waals surface area contributed by atoms with Crippen molar-refractivity contribution in [1.82, 2.24) is 15.0 Å². The van der Waals surface area contributed by atoms with E-state index in [-0.39, 0.29) is 12.5 Å². The van der Waals surface area contributed by atoms with Crippen molar-refractivity contribution in [2.24, 2.45) is 0 Å². The van der Waals surface area contributed by atoms with Gasteiger partial charge in [0.25, 0.3) is 5.91 Å². The first-order chi connectivity index (χ1) is 11.7. The van der Waals surface area contributed by atoms with Gasteiger partial charge in [0.15, 0.2) is 0 Å². The van der Waals surface area contributed by atoms with Gasteiger partial charge in [-0.2, -0.15) is 4.98 Å². The van der Waals surface area contributed by atoms with E-state index in [9.17, 15) is 4.79 Å². The molecule has 0 radical (unpaired) electrons. The Kier molecular flexibility index (Phi) is 5.08. The molecule has 2 aromatic heterocycles. The number of hydrogen-bond acceptors (Lipinski definition) is 5. The predicted octanol–water partition coefficient (Wildman–Crippen LogP) is 4.28. The molecule has 122 valence electrons. The molecule has 3 rings (SSSR count). The second kappa shape index (κ2) is 7.42. The summed E-state index contributed by atoms with van der Waals surface area (Å²) in [6, 6.07) is 10.8. The van der Waals surface area contributed by atoms with Crippen molar-refractivity contribution in [3.63, 3.8) is 0 Å². The van der Waals surface area contributed by atoms with Crippen LogP contribution in [-0.4, -0.2) is 27.5 Å². The third kappa shape index (κ3) is 3.72. The van der Waals surface area contributed by atoms with Gasteiger partial charge in [-0.3, -0.25) is 4.79 Å². The number of hydrogen-bond donors (Lipinski definition) is 0. The molecule has 0 saturated heterocycles. The smallest absolute Gasteiger partial charge is 0.264 e. The van der Waals surface area contributed by atoms with Gasteiger partial charge in [0.2, 0.25) is 11.7 Å². The molecule has 1 aromatic carbocycles. The second-order valence-electron chi connectivity index (χ2n) is 4.97. The minimum atomic E-state index is -0.0869. The van der Waals surface area contributed by atoms with E-state index in [1.54, 1.807) is 29.2 Å². The van der Waals surface area contributed by atoms with Gasteiger partial charge >= 0.3 is 0 Å². The molecule has 0 N–H and O–H groups in total. The molecule has 1 amide bonds. The molecule has 0 aliphatic carbocycles. The fourth-order valence-corrected chi connectivity index (χ4v) is 2.95. The van der Waals surface area contributed by atoms with E-state index >= 15 is 0 Å². The topological polar surface area (TPSA) is 59.2 Å². The molecule has 0 saturated carbocycles. The Morgan fingerprint density at radius 3 is 2.79 bits per heavy atom. The number of nitrogens with zero attached hydrogens (tertiary/aromatic N) is 3. The average molecular weight is 360 g/mol. The van der Waals surface area contributed by atoms with Crippen LogP contribution in [0.1, 0.15) is 15.6 Å². The lowest BCUT2D eigenvalue weighted by Crippen LogP contribution is -2.30. The van der Waals surface area contributed by atoms with Gasteiger partial charge in [-0.1, -0.05) is 28.9 Å². The van der Waals surface area contributed by atoms with Crippen molar-refractivity contribution in [2.75, 3.05) is 6.54 Å². The van der Waals surface area contributed by atoms with Gasteiger partial charge in [-0.05, 0) is 35.7 Å². The Morgan fingerprint density at radius 1 is 1.33 bits per heavy atom. The molecule has 0 aliphatic rings. The van der Waals surface area contributed by atoms with E-state index in [1.807, 2.05) is 23.6 Å². The molecule has 5 nitrogen and oxygen atoms in total. The van der Waals surface area contributed by atoms with Crippen LogP contribution >= 0.6 is 22.9 Å². The Hall–Kier alpha value is -2.44. The zero-order valence-electron chi connectivity index (χ0n) is 12.7. The Morgan fingerprint density at radius 2 is 2.12 bits per heavy atom. The highest BCUT2D eigenvalue weighted by molar-refractivity contribution is 7.12. The first-order valence-corrected chi connectivity index (χ1v) is 8.45. The number of halogens is 1. The van der Waals surface area contributed by atoms with Crippen LogP contribution in [0.5, 0.6) is 0 Å². The minimum Gasteiger partial charge on any atom is -0.337 e. The van der Waals surface area contributed by atoms with Crippen molar-refractivity contribution >= 4 is 28.8 Å². The summed E-state index contributed by atoms with van der Waals surface area (Å²) in [5, 5.41) is 6.47. The monoisotopic (exact) mass is 359 g/mol. The van der Waals surface area contributed by atoms with Crippen molar-refractivity contribution in [3.8, 4) is 11.4 Å². The maximum Gasteiger partial charge on any atom is 0.264 e. The molecule has 0 bridgehead atoms. The summed E-state index contributed by atoms with van der Waals surface area (Å²) in [6.07, 6.45) is 1.67. The number of aromatic nitrogens is 2. The maximum atomic E-state index is 12.5. The predicted molar refractivity (Wildman–Crippen MR) is 94.0 cm³/mol. The zero-order chi connectivity index (χ0) is 16.9. The van der Waals surface area contributed by atoms with Gasteiger partial charge in [0.1, 0.15) is 6.54 Å². The summed E-state index contributed by atoms with van der Waals surface area (Å²) < 4.78 is 5.27. The van der Waals surface area contributed by atoms with Crippen LogP contribution in [0.2, 0.25) is 5.02 Å². The highest BCUT2D eigenvalue weighted by atomic mass is 35.5. The number of thiophene rings is 1. The fraction of sp³-hybridized carbons (Fsp3) is 0.118. The summed E-state index contributed by atoms with van der Waals surface area (Å²) in [5.74, 6) is 0.742. The van der Waals surface area contributed by atoms with Crippen LogP contribution < -0.4 is 0 Å². The number of amides is 1. The largest absolute Gasteiger partial charge is 0.337 e. The van der Waals surface area contributed by atoms with Crippen LogP contribution in [0.15, 0.2) is 59.0 Å². The minimum absolute atomic E-state index is 0.0869. The SMILES string of the molecule is C=CCN(Cc1nc(-c2ccc(Cl)cc2)no1)C(=O)c1cccs1. The van der Waals surface area contributed by atoms with Crippen LogP contribution in [0.4, 0.5) is 0 Å². The average Bonchev–Trinajstić information content (AvgIpc) is 3.26. The summed E-state index contributed by atoms with van der Waals surface area (Å²) >= 11 is 7.27. The lowest BCUT2D eigenvalue weighted by atomic mass is 10.2. The number of carbonyl (C=O) groups excluding carboxylic acids is 1. The van der Waals surface area contributed by atoms with Crippen LogP contribution in [0.25, 0.3) is 11.4 Å². The quantitative estimate of drug-likeness (QED) is 0.616. The molecule has 7 heteroatoms. The zero-order valence-corrected chi connectivity index (χ0v) is 14.3. The summed E-state index contributed by atoms with van der Waals surface area (Å²) in [5.41, 5.74) is 0.800. The molecule has 0 fully saturated rings. The van der Waals surface area contributed by atoms with Crippen LogP contribution in [-0.2, 0) is 6.54 Å². The lowest BCUT2D eigenvalue weighted by Gasteiger charge is -2.17. The van der Waals surface area contributed by atoms with E-state index < -0.39 is 0 Å². The van der Waals surface area contributed by atoms with E-state index in [2.05, 4.69) is 16.7 Å². The lowest BCUT2D eigenvalue weighted by molar-refractivity contribution is 0.0750. The first kappa shape index (κ1) is 16.4. The van der Waals surface area contributed by atoms with Crippen LogP contribution in [0, 0.1) is 0 Å². The third-order valence-electron chi connectivity index (χ3n) is 3.27. The molecular weight excluding hydrogens is 346 g/mol. The first-order valence-electron chi connectivity index (χ1n) is 7.19. The Balaban J connectivity index is 1.77. The van der Waals surface area contributed by atoms with E-state index in [4.69, 9.17) is 16.1 Å². The Bertz CT molecular complexity index is 828. The van der Waals surface area contributed by atoms with Gasteiger partial charge in [0, 0.05) is 17.1 Å². The number of rotatable bonds is 6. The molecule has 0 atom stereocenters. The second-order valence-corrected chi connectivity index (χ2v) is 6.35. The molecule has 0 spiro atoms. The van der Waals surface area contributed by atoms with E-state index in [1.165, 1.54) is 11.3 Å². The van der Waals surface area contributed by atoms with Gasteiger partial charge in [-0.15, -0.1) is 17.9 Å². The molecule has 0 aliphatic heterocycles. The van der Waals surface area contributed by atoms with Gasteiger partial charge in [-0.25, -0.2) is 0 Å². The highest BCUT2D eigenvalue weighted by Crippen LogP contribution is 2.20. The molecule has 0 unspecified atom stereocenters. The van der Waals surface area contributed by atoms with Crippen molar-refractivity contribution < 1.29 is 9.32 Å². The Labute approximate surface area is 148 Å².